The van der Waals surface area contributed by atoms with Gasteiger partial charge < -0.3 is 10.2 Å². The molecule has 2 aromatic carbocycles. The first-order valence-corrected chi connectivity index (χ1v) is 8.72. The van der Waals surface area contributed by atoms with Crippen LogP contribution in [0.1, 0.15) is 5.56 Å². The molecule has 1 heterocycles. The molecular weight excluding hydrogens is 390 g/mol. The Morgan fingerprint density at radius 2 is 1.92 bits per heavy atom. The number of phenolic OH excluding ortho intramolecular Hbond substituents is 2. The van der Waals surface area contributed by atoms with Crippen molar-refractivity contribution in [2.24, 2.45) is 10.1 Å². The normalized spacial score (nSPS) is 12.2. The van der Waals surface area contributed by atoms with E-state index in [1.54, 1.807) is 23.9 Å². The number of hydrogen-bond donors (Lipinski definition) is 2. The highest BCUT2D eigenvalue weighted by molar-refractivity contribution is 9.10. The summed E-state index contributed by atoms with van der Waals surface area (Å²) in [5, 5.41) is 25.9. The Kier molecular flexibility index (Phi) is 4.82. The van der Waals surface area contributed by atoms with Gasteiger partial charge in [0.15, 0.2) is 11.5 Å². The van der Waals surface area contributed by atoms with Gasteiger partial charge in [-0.15, -0.1) is 11.3 Å². The Morgan fingerprint density at radius 1 is 1.12 bits per heavy atom. The van der Waals surface area contributed by atoms with E-state index >= 15 is 0 Å². The van der Waals surface area contributed by atoms with E-state index in [2.05, 4.69) is 26.0 Å². The number of aromatic nitrogens is 1. The Bertz CT molecular complexity index is 976. The quantitative estimate of drug-likeness (QED) is 0.515. The molecule has 7 heteroatoms. The molecule has 3 aromatic rings. The van der Waals surface area contributed by atoms with Crippen molar-refractivity contribution in [2.45, 2.75) is 0 Å². The molecule has 3 rings (SSSR count). The second kappa shape index (κ2) is 7.02. The number of nitrogens with zero attached hydrogens (tertiary/aromatic N) is 3. The van der Waals surface area contributed by atoms with Crippen LogP contribution in [0.2, 0.25) is 0 Å². The van der Waals surface area contributed by atoms with E-state index in [4.69, 9.17) is 0 Å². The smallest absolute Gasteiger partial charge is 0.205 e. The lowest BCUT2D eigenvalue weighted by Gasteiger charge is -2.06. The van der Waals surface area contributed by atoms with Gasteiger partial charge >= 0.3 is 0 Å². The van der Waals surface area contributed by atoms with Crippen LogP contribution in [0.4, 0.5) is 0 Å². The highest BCUT2D eigenvalue weighted by Gasteiger charge is 2.10. The van der Waals surface area contributed by atoms with Gasteiger partial charge in [0, 0.05) is 28.0 Å². The van der Waals surface area contributed by atoms with Gasteiger partial charge in [0.2, 0.25) is 4.80 Å². The highest BCUT2D eigenvalue weighted by atomic mass is 79.9. The van der Waals surface area contributed by atoms with Crippen LogP contribution in [0, 0.1) is 0 Å². The molecular formula is C17H14BrN3O2S. The first kappa shape index (κ1) is 16.5. The minimum Gasteiger partial charge on any atom is -0.504 e. The zero-order chi connectivity index (χ0) is 17.1. The summed E-state index contributed by atoms with van der Waals surface area (Å²) >= 11 is 5.02. The van der Waals surface area contributed by atoms with Gasteiger partial charge in [0.1, 0.15) is 0 Å². The Hall–Kier alpha value is -2.38. The van der Waals surface area contributed by atoms with Crippen molar-refractivity contribution < 1.29 is 10.2 Å². The van der Waals surface area contributed by atoms with Crippen molar-refractivity contribution in [3.05, 3.63) is 62.7 Å². The van der Waals surface area contributed by atoms with Crippen LogP contribution in [-0.2, 0) is 0 Å². The maximum Gasteiger partial charge on any atom is 0.205 e. The predicted molar refractivity (Wildman–Crippen MR) is 99.7 cm³/mol. The number of benzene rings is 2. The summed E-state index contributed by atoms with van der Waals surface area (Å²) in [6, 6.07) is 12.6. The number of aromatic hydroxyl groups is 2. The number of thiazole rings is 1. The average molecular weight is 404 g/mol. The van der Waals surface area contributed by atoms with Crippen LogP contribution in [0.25, 0.3) is 11.3 Å². The molecule has 0 aliphatic heterocycles. The van der Waals surface area contributed by atoms with E-state index in [9.17, 15) is 10.2 Å². The van der Waals surface area contributed by atoms with Crippen LogP contribution in [0.15, 0.2) is 62.4 Å². The molecule has 0 bridgehead atoms. The third-order valence-electron chi connectivity index (χ3n) is 3.38. The maximum absolute atomic E-state index is 9.90. The number of phenols is 2. The Morgan fingerprint density at radius 3 is 2.67 bits per heavy atom. The number of rotatable bonds is 3. The van der Waals surface area contributed by atoms with E-state index < -0.39 is 0 Å². The summed E-state index contributed by atoms with van der Waals surface area (Å²) in [5.41, 5.74) is 2.29. The number of hydrogen-bond acceptors (Lipinski definition) is 5. The molecule has 122 valence electrons. The van der Waals surface area contributed by atoms with Crippen LogP contribution >= 0.6 is 27.3 Å². The molecule has 0 aliphatic rings. The fraction of sp³-hybridized carbons (Fsp3) is 0.0588. The fourth-order valence-corrected chi connectivity index (χ4v) is 3.47. The molecule has 0 amide bonds. The first-order chi connectivity index (χ1) is 11.6. The van der Waals surface area contributed by atoms with Crippen LogP contribution in [-0.4, -0.2) is 28.2 Å². The van der Waals surface area contributed by atoms with E-state index in [1.165, 1.54) is 23.6 Å². The predicted octanol–water partition coefficient (Wildman–Crippen LogP) is 3.80. The summed E-state index contributed by atoms with van der Waals surface area (Å²) in [7, 11) is 1.70. The molecule has 5 nitrogen and oxygen atoms in total. The number of para-hydroxylation sites is 1. The molecule has 24 heavy (non-hydrogen) atoms. The van der Waals surface area contributed by atoms with E-state index in [1.807, 2.05) is 29.6 Å². The number of halogens is 1. The van der Waals surface area contributed by atoms with Crippen molar-refractivity contribution in [1.82, 2.24) is 4.68 Å². The Balaban J connectivity index is 2.11. The largest absolute Gasteiger partial charge is 0.504 e. The fourth-order valence-electron chi connectivity index (χ4n) is 2.19. The van der Waals surface area contributed by atoms with Crippen molar-refractivity contribution in [3.63, 3.8) is 0 Å². The lowest BCUT2D eigenvalue weighted by molar-refractivity contribution is 0.403. The summed E-state index contributed by atoms with van der Waals surface area (Å²) in [5.74, 6) is -0.379. The van der Waals surface area contributed by atoms with Crippen molar-refractivity contribution >= 4 is 33.5 Å². The molecule has 0 unspecified atom stereocenters. The highest BCUT2D eigenvalue weighted by Crippen LogP contribution is 2.29. The monoisotopic (exact) mass is 403 g/mol. The SMILES string of the molecule is CN=c1scc(-c2ccccc2Br)n1N=Cc1cccc(O)c1O. The van der Waals surface area contributed by atoms with Crippen molar-refractivity contribution in [3.8, 4) is 22.8 Å². The maximum atomic E-state index is 9.90. The average Bonchev–Trinajstić information content (AvgIpc) is 2.99. The second-order valence-corrected chi connectivity index (χ2v) is 6.57. The summed E-state index contributed by atoms with van der Waals surface area (Å²) < 4.78 is 2.66. The van der Waals surface area contributed by atoms with Gasteiger partial charge in [0.25, 0.3) is 0 Å². The van der Waals surface area contributed by atoms with Gasteiger partial charge in [-0.25, -0.2) is 4.68 Å². The second-order valence-electron chi connectivity index (χ2n) is 4.88. The minimum absolute atomic E-state index is 0.180. The molecule has 0 saturated carbocycles. The van der Waals surface area contributed by atoms with Gasteiger partial charge in [-0.3, -0.25) is 4.99 Å². The third-order valence-corrected chi connectivity index (χ3v) is 4.98. The zero-order valence-electron chi connectivity index (χ0n) is 12.7. The third kappa shape index (κ3) is 3.13. The standard InChI is InChI=1S/C17H14BrN3O2S/c1-19-17-21(20-9-11-5-4-8-15(22)16(11)23)14(10-24-17)12-6-2-3-7-13(12)18/h2-10,22-23H,1H3. The topological polar surface area (TPSA) is 70.1 Å². The van der Waals surface area contributed by atoms with Crippen LogP contribution in [0.3, 0.4) is 0 Å². The van der Waals surface area contributed by atoms with Gasteiger partial charge in [0.05, 0.1) is 11.9 Å². The van der Waals surface area contributed by atoms with Gasteiger partial charge in [-0.1, -0.05) is 40.2 Å². The molecule has 0 saturated heterocycles. The summed E-state index contributed by atoms with van der Waals surface area (Å²) in [4.78, 5) is 4.96. The first-order valence-electron chi connectivity index (χ1n) is 7.05. The molecule has 0 spiro atoms. The van der Waals surface area contributed by atoms with Crippen LogP contribution < -0.4 is 4.80 Å². The van der Waals surface area contributed by atoms with Crippen molar-refractivity contribution in [2.75, 3.05) is 7.05 Å². The minimum atomic E-state index is -0.200. The lowest BCUT2D eigenvalue weighted by Crippen LogP contribution is -2.11. The lowest BCUT2D eigenvalue weighted by atomic mass is 10.2. The van der Waals surface area contributed by atoms with Crippen molar-refractivity contribution in [1.29, 1.82) is 0 Å². The molecule has 0 atom stereocenters. The molecule has 0 fully saturated rings. The molecule has 0 radical (unpaired) electrons. The molecule has 1 aromatic heterocycles. The van der Waals surface area contributed by atoms with E-state index in [0.29, 0.717) is 5.56 Å². The van der Waals surface area contributed by atoms with Crippen LogP contribution in [0.5, 0.6) is 11.5 Å². The van der Waals surface area contributed by atoms with Gasteiger partial charge in [-0.2, -0.15) is 5.10 Å². The summed E-state index contributed by atoms with van der Waals surface area (Å²) in [6.45, 7) is 0. The molecule has 0 aliphatic carbocycles. The van der Waals surface area contributed by atoms with E-state index in [-0.39, 0.29) is 11.5 Å². The zero-order valence-corrected chi connectivity index (χ0v) is 15.1. The Labute approximate surface area is 151 Å². The van der Waals surface area contributed by atoms with Gasteiger partial charge in [-0.05, 0) is 18.2 Å². The molecule has 2 N–H and O–H groups in total. The van der Waals surface area contributed by atoms with E-state index in [0.717, 1.165) is 20.5 Å². The summed E-state index contributed by atoms with van der Waals surface area (Å²) in [6.07, 6.45) is 1.50.